The molecule has 0 fully saturated rings. The molecule has 14 heavy (non-hydrogen) atoms. The summed E-state index contributed by atoms with van der Waals surface area (Å²) in [6, 6.07) is 0.00912. The summed E-state index contributed by atoms with van der Waals surface area (Å²) in [6.07, 6.45) is 0. The Morgan fingerprint density at radius 1 is 1.43 bits per heavy atom. The number of rotatable bonds is 3. The van der Waals surface area contributed by atoms with Gasteiger partial charge in [-0.1, -0.05) is 32.1 Å². The smallest absolute Gasteiger partial charge is 0.205 e. The van der Waals surface area contributed by atoms with E-state index in [1.54, 1.807) is 0 Å². The highest BCUT2D eigenvalue weighted by molar-refractivity contribution is 7.15. The van der Waals surface area contributed by atoms with Gasteiger partial charge in [-0.15, -0.1) is 10.2 Å². The molecular formula is C9H17N3OS. The summed E-state index contributed by atoms with van der Waals surface area (Å²) < 4.78 is 0. The minimum atomic E-state index is 0.00826. The van der Waals surface area contributed by atoms with Crippen molar-refractivity contribution in [2.75, 3.05) is 11.9 Å². The molecule has 0 amide bonds. The second-order valence-corrected chi connectivity index (χ2v) is 5.55. The zero-order chi connectivity index (χ0) is 10.8. The summed E-state index contributed by atoms with van der Waals surface area (Å²) >= 11 is 1.50. The molecule has 2 N–H and O–H groups in total. The van der Waals surface area contributed by atoms with Crippen molar-refractivity contribution in [2.45, 2.75) is 33.7 Å². The monoisotopic (exact) mass is 215 g/mol. The van der Waals surface area contributed by atoms with Gasteiger partial charge in [-0.2, -0.15) is 0 Å². The van der Waals surface area contributed by atoms with Gasteiger partial charge in [-0.05, 0) is 12.3 Å². The van der Waals surface area contributed by atoms with E-state index in [1.807, 2.05) is 6.92 Å². The van der Waals surface area contributed by atoms with E-state index in [1.165, 1.54) is 11.3 Å². The molecule has 1 atom stereocenters. The second kappa shape index (κ2) is 4.23. The van der Waals surface area contributed by atoms with E-state index >= 15 is 0 Å². The largest absolute Gasteiger partial charge is 0.394 e. The molecule has 0 aliphatic carbocycles. The van der Waals surface area contributed by atoms with Gasteiger partial charge in [-0.3, -0.25) is 0 Å². The lowest BCUT2D eigenvalue weighted by Gasteiger charge is -2.29. The number of nitrogens with zero attached hydrogens (tertiary/aromatic N) is 2. The summed E-state index contributed by atoms with van der Waals surface area (Å²) in [5, 5.41) is 22.0. The van der Waals surface area contributed by atoms with Gasteiger partial charge in [0.15, 0.2) is 0 Å². The lowest BCUT2D eigenvalue weighted by molar-refractivity contribution is 0.202. The van der Waals surface area contributed by atoms with Crippen molar-refractivity contribution >= 4 is 16.5 Å². The molecular weight excluding hydrogens is 198 g/mol. The Morgan fingerprint density at radius 2 is 2.07 bits per heavy atom. The maximum absolute atomic E-state index is 9.22. The normalized spacial score (nSPS) is 14.1. The molecule has 0 spiro atoms. The third kappa shape index (κ3) is 2.92. The zero-order valence-electron chi connectivity index (χ0n) is 9.03. The van der Waals surface area contributed by atoms with Crippen LogP contribution < -0.4 is 5.32 Å². The molecule has 0 saturated carbocycles. The van der Waals surface area contributed by atoms with E-state index in [0.717, 1.165) is 10.1 Å². The molecule has 1 rings (SSSR count). The van der Waals surface area contributed by atoms with Gasteiger partial charge >= 0.3 is 0 Å². The lowest BCUT2D eigenvalue weighted by Crippen LogP contribution is -2.37. The van der Waals surface area contributed by atoms with Crippen LogP contribution in [0.25, 0.3) is 0 Å². The van der Waals surface area contributed by atoms with E-state index in [2.05, 4.69) is 36.3 Å². The van der Waals surface area contributed by atoms with Crippen molar-refractivity contribution in [3.05, 3.63) is 5.01 Å². The molecule has 0 saturated heterocycles. The second-order valence-electron chi connectivity index (χ2n) is 4.37. The molecule has 1 aromatic rings. The molecule has 1 heterocycles. The molecule has 5 heteroatoms. The number of aryl methyl sites for hydroxylation is 1. The van der Waals surface area contributed by atoms with Crippen LogP contribution >= 0.6 is 11.3 Å². The van der Waals surface area contributed by atoms with Crippen LogP contribution in [0.1, 0.15) is 25.8 Å². The van der Waals surface area contributed by atoms with Crippen LogP contribution in [0.3, 0.4) is 0 Å². The topological polar surface area (TPSA) is 58.0 Å². The van der Waals surface area contributed by atoms with Crippen LogP contribution in [0.2, 0.25) is 0 Å². The first-order valence-electron chi connectivity index (χ1n) is 4.61. The Morgan fingerprint density at radius 3 is 2.43 bits per heavy atom. The van der Waals surface area contributed by atoms with Gasteiger partial charge in [-0.25, -0.2) is 0 Å². The van der Waals surface area contributed by atoms with Crippen LogP contribution in [-0.4, -0.2) is 28.0 Å². The molecule has 1 aromatic heterocycles. The highest BCUT2D eigenvalue weighted by atomic mass is 32.1. The van der Waals surface area contributed by atoms with Gasteiger partial charge in [0.2, 0.25) is 5.13 Å². The van der Waals surface area contributed by atoms with Gasteiger partial charge < -0.3 is 10.4 Å². The molecule has 0 radical (unpaired) electrons. The summed E-state index contributed by atoms with van der Waals surface area (Å²) in [5.41, 5.74) is 0.00826. The number of aromatic nitrogens is 2. The first-order valence-corrected chi connectivity index (χ1v) is 5.42. The third-order valence-electron chi connectivity index (χ3n) is 2.05. The first kappa shape index (κ1) is 11.4. The lowest BCUT2D eigenvalue weighted by atomic mass is 9.87. The van der Waals surface area contributed by atoms with Crippen molar-refractivity contribution in [3.8, 4) is 0 Å². The zero-order valence-corrected chi connectivity index (χ0v) is 9.85. The summed E-state index contributed by atoms with van der Waals surface area (Å²) in [4.78, 5) is 0. The SMILES string of the molecule is Cc1nnc(NC(CO)C(C)(C)C)s1. The van der Waals surface area contributed by atoms with Gasteiger partial charge in [0.05, 0.1) is 12.6 Å². The molecule has 1 unspecified atom stereocenters. The quantitative estimate of drug-likeness (QED) is 0.805. The maximum Gasteiger partial charge on any atom is 0.205 e. The average Bonchev–Trinajstić information content (AvgIpc) is 2.45. The van der Waals surface area contributed by atoms with E-state index in [0.29, 0.717) is 0 Å². The number of aliphatic hydroxyl groups is 1. The molecule has 0 bridgehead atoms. The minimum Gasteiger partial charge on any atom is -0.394 e. The number of nitrogens with one attached hydrogen (secondary N) is 1. The first-order chi connectivity index (χ1) is 6.43. The highest BCUT2D eigenvalue weighted by Gasteiger charge is 2.24. The Hall–Kier alpha value is -0.680. The Bertz CT molecular complexity index is 292. The maximum atomic E-state index is 9.22. The fourth-order valence-corrected chi connectivity index (χ4v) is 1.68. The molecule has 80 valence electrons. The highest BCUT2D eigenvalue weighted by Crippen LogP contribution is 2.24. The van der Waals surface area contributed by atoms with Crippen molar-refractivity contribution < 1.29 is 5.11 Å². The van der Waals surface area contributed by atoms with Crippen LogP contribution in [0.15, 0.2) is 0 Å². The standard InChI is InChI=1S/C9H17N3OS/c1-6-11-12-8(14-6)10-7(5-13)9(2,3)4/h7,13H,5H2,1-4H3,(H,10,12). The average molecular weight is 215 g/mol. The molecule has 0 aliphatic rings. The van der Waals surface area contributed by atoms with Crippen molar-refractivity contribution in [1.29, 1.82) is 0 Å². The number of hydrogen-bond donors (Lipinski definition) is 2. The fourth-order valence-electron chi connectivity index (χ4n) is 1.04. The fraction of sp³-hybridized carbons (Fsp3) is 0.778. The van der Waals surface area contributed by atoms with E-state index < -0.39 is 0 Å². The number of anilines is 1. The Labute approximate surface area is 88.4 Å². The Balaban J connectivity index is 2.66. The van der Waals surface area contributed by atoms with Crippen LogP contribution in [0.5, 0.6) is 0 Å². The molecule has 0 aliphatic heterocycles. The van der Waals surface area contributed by atoms with Gasteiger partial charge in [0.25, 0.3) is 0 Å². The van der Waals surface area contributed by atoms with E-state index in [4.69, 9.17) is 0 Å². The molecule has 0 aromatic carbocycles. The van der Waals surface area contributed by atoms with Gasteiger partial charge in [0, 0.05) is 0 Å². The van der Waals surface area contributed by atoms with Crippen LogP contribution in [-0.2, 0) is 0 Å². The molecule has 4 nitrogen and oxygen atoms in total. The Kier molecular flexibility index (Phi) is 3.44. The summed E-state index contributed by atoms with van der Waals surface area (Å²) in [7, 11) is 0. The van der Waals surface area contributed by atoms with Gasteiger partial charge in [0.1, 0.15) is 5.01 Å². The minimum absolute atomic E-state index is 0.00826. The van der Waals surface area contributed by atoms with E-state index in [-0.39, 0.29) is 18.1 Å². The predicted molar refractivity (Wildman–Crippen MR) is 58.6 cm³/mol. The number of aliphatic hydroxyl groups excluding tert-OH is 1. The van der Waals surface area contributed by atoms with Crippen molar-refractivity contribution in [1.82, 2.24) is 10.2 Å². The predicted octanol–water partition coefficient (Wildman–Crippen LogP) is 1.67. The van der Waals surface area contributed by atoms with Crippen LogP contribution in [0, 0.1) is 12.3 Å². The number of hydrogen-bond acceptors (Lipinski definition) is 5. The summed E-state index contributed by atoms with van der Waals surface area (Å²) in [5.74, 6) is 0. The van der Waals surface area contributed by atoms with Crippen LogP contribution in [0.4, 0.5) is 5.13 Å². The van der Waals surface area contributed by atoms with E-state index in [9.17, 15) is 5.11 Å². The van der Waals surface area contributed by atoms with Crippen molar-refractivity contribution in [3.63, 3.8) is 0 Å². The summed E-state index contributed by atoms with van der Waals surface area (Å²) in [6.45, 7) is 8.24. The third-order valence-corrected chi connectivity index (χ3v) is 2.82. The van der Waals surface area contributed by atoms with Crippen molar-refractivity contribution in [2.24, 2.45) is 5.41 Å².